The molecule has 1 aromatic rings. The van der Waals surface area contributed by atoms with Crippen LogP contribution in [-0.2, 0) is 15.1 Å². The number of carbonyl (C=O) groups excluding carboxylic acids is 3. The van der Waals surface area contributed by atoms with Crippen molar-refractivity contribution in [1.82, 2.24) is 31.4 Å². The molecule has 9 nitrogen and oxygen atoms in total. The van der Waals surface area contributed by atoms with Gasteiger partial charge >= 0.3 is 6.03 Å². The average molecular weight is 372 g/mol. The zero-order valence-corrected chi connectivity index (χ0v) is 15.2. The van der Waals surface area contributed by atoms with Gasteiger partial charge in [-0.05, 0) is 38.2 Å². The summed E-state index contributed by atoms with van der Waals surface area (Å²) in [6.07, 6.45) is 5.28. The molecule has 0 saturated carbocycles. The van der Waals surface area contributed by atoms with Crippen LogP contribution in [0.5, 0.6) is 0 Å². The number of piperidine rings is 1. The fourth-order valence-electron chi connectivity index (χ4n) is 4.42. The van der Waals surface area contributed by atoms with E-state index in [1.165, 1.54) is 0 Å². The standard InChI is InChI=1S/C18H24N6O3/c1-11-9-14(23-22-11)15(25)24-7-4-12(5-8-24)18(13-3-2-6-19-10-13)16(26)20-17(27)21-18/h2-3,6,10-12,14,22-23H,4-5,7-9H2,1H3,(H2,20,21,26,27). The van der Waals surface area contributed by atoms with Crippen LogP contribution in [0, 0.1) is 5.92 Å². The number of hydrogen-bond donors (Lipinski definition) is 4. The van der Waals surface area contributed by atoms with Crippen molar-refractivity contribution in [3.8, 4) is 0 Å². The van der Waals surface area contributed by atoms with E-state index < -0.39 is 11.6 Å². The van der Waals surface area contributed by atoms with Gasteiger partial charge in [-0.25, -0.2) is 10.2 Å². The summed E-state index contributed by atoms with van der Waals surface area (Å²) in [7, 11) is 0. The van der Waals surface area contributed by atoms with E-state index in [1.807, 2.05) is 17.9 Å². The maximum Gasteiger partial charge on any atom is 0.322 e. The number of amides is 4. The summed E-state index contributed by atoms with van der Waals surface area (Å²) in [5, 5.41) is 5.21. The fourth-order valence-corrected chi connectivity index (χ4v) is 4.42. The Morgan fingerprint density at radius 3 is 2.59 bits per heavy atom. The van der Waals surface area contributed by atoms with E-state index in [-0.39, 0.29) is 29.8 Å². The number of nitrogens with one attached hydrogen (secondary N) is 4. The summed E-state index contributed by atoms with van der Waals surface area (Å²) in [5.74, 6) is -0.368. The van der Waals surface area contributed by atoms with Crippen molar-refractivity contribution in [1.29, 1.82) is 0 Å². The molecular weight excluding hydrogens is 348 g/mol. The first-order valence-electron chi connectivity index (χ1n) is 9.34. The number of nitrogens with zero attached hydrogens (tertiary/aromatic N) is 2. The Morgan fingerprint density at radius 2 is 2.04 bits per heavy atom. The monoisotopic (exact) mass is 372 g/mol. The maximum absolute atomic E-state index is 12.7. The summed E-state index contributed by atoms with van der Waals surface area (Å²) in [6, 6.07) is 3.14. The molecule has 4 rings (SSSR count). The first-order chi connectivity index (χ1) is 13.0. The minimum atomic E-state index is -1.12. The van der Waals surface area contributed by atoms with Crippen molar-refractivity contribution in [3.63, 3.8) is 0 Å². The van der Waals surface area contributed by atoms with Gasteiger partial charge in [-0.1, -0.05) is 6.07 Å². The summed E-state index contributed by atoms with van der Waals surface area (Å²) in [5.41, 5.74) is 5.67. The molecule has 4 N–H and O–H groups in total. The molecule has 3 unspecified atom stereocenters. The SMILES string of the molecule is CC1CC(C(=O)N2CCC(C3(c4cccnc4)NC(=O)NC3=O)CC2)NN1. The molecule has 3 fully saturated rings. The first-order valence-corrected chi connectivity index (χ1v) is 9.34. The molecule has 3 aliphatic heterocycles. The van der Waals surface area contributed by atoms with Crippen molar-refractivity contribution < 1.29 is 14.4 Å². The zero-order valence-electron chi connectivity index (χ0n) is 15.2. The van der Waals surface area contributed by atoms with Crippen LogP contribution in [-0.4, -0.2) is 52.9 Å². The topological polar surface area (TPSA) is 115 Å². The highest BCUT2D eigenvalue weighted by Gasteiger charge is 2.54. The lowest BCUT2D eigenvalue weighted by Gasteiger charge is -2.41. The smallest absolute Gasteiger partial charge is 0.322 e. The molecule has 0 bridgehead atoms. The largest absolute Gasteiger partial charge is 0.341 e. The number of hydrazine groups is 1. The molecule has 144 valence electrons. The number of likely N-dealkylation sites (tertiary alicyclic amines) is 1. The molecule has 0 aliphatic carbocycles. The summed E-state index contributed by atoms with van der Waals surface area (Å²) in [6.45, 7) is 3.15. The summed E-state index contributed by atoms with van der Waals surface area (Å²) < 4.78 is 0. The Balaban J connectivity index is 1.51. The van der Waals surface area contributed by atoms with Crippen LogP contribution in [0.25, 0.3) is 0 Å². The van der Waals surface area contributed by atoms with Crippen molar-refractivity contribution in [3.05, 3.63) is 30.1 Å². The zero-order chi connectivity index (χ0) is 19.0. The number of imide groups is 1. The van der Waals surface area contributed by atoms with Gasteiger partial charge in [0.25, 0.3) is 5.91 Å². The van der Waals surface area contributed by atoms with Crippen LogP contribution in [0.3, 0.4) is 0 Å². The Hall–Kier alpha value is -2.52. The molecule has 9 heteroatoms. The molecule has 4 amide bonds. The summed E-state index contributed by atoms with van der Waals surface area (Å²) in [4.78, 5) is 43.3. The van der Waals surface area contributed by atoms with Crippen molar-refractivity contribution in [2.24, 2.45) is 5.92 Å². The van der Waals surface area contributed by atoms with Crippen LogP contribution < -0.4 is 21.5 Å². The Kier molecular flexibility index (Phi) is 4.56. The second-order valence-electron chi connectivity index (χ2n) is 7.54. The van der Waals surface area contributed by atoms with Gasteiger partial charge < -0.3 is 10.2 Å². The predicted molar refractivity (Wildman–Crippen MR) is 96.0 cm³/mol. The highest BCUT2D eigenvalue weighted by Crippen LogP contribution is 2.38. The number of carbonyl (C=O) groups is 3. The molecule has 0 radical (unpaired) electrons. The lowest BCUT2D eigenvalue weighted by molar-refractivity contribution is -0.135. The van der Waals surface area contributed by atoms with Crippen molar-refractivity contribution >= 4 is 17.8 Å². The second kappa shape index (κ2) is 6.90. The van der Waals surface area contributed by atoms with Crippen molar-refractivity contribution in [2.45, 2.75) is 43.8 Å². The van der Waals surface area contributed by atoms with Crippen molar-refractivity contribution in [2.75, 3.05) is 13.1 Å². The van der Waals surface area contributed by atoms with E-state index in [0.29, 0.717) is 31.5 Å². The molecule has 3 saturated heterocycles. The minimum Gasteiger partial charge on any atom is -0.341 e. The van der Waals surface area contributed by atoms with E-state index in [1.54, 1.807) is 18.5 Å². The first kappa shape index (κ1) is 17.9. The van der Waals surface area contributed by atoms with E-state index in [0.717, 1.165) is 6.42 Å². The lowest BCUT2D eigenvalue weighted by atomic mass is 9.73. The predicted octanol–water partition coefficient (Wildman–Crippen LogP) is -0.390. The number of rotatable bonds is 3. The quantitative estimate of drug-likeness (QED) is 0.537. The second-order valence-corrected chi connectivity index (χ2v) is 7.54. The molecule has 4 heterocycles. The highest BCUT2D eigenvalue weighted by atomic mass is 16.2. The number of urea groups is 1. The van der Waals surface area contributed by atoms with E-state index in [9.17, 15) is 14.4 Å². The van der Waals surface area contributed by atoms with Gasteiger partial charge in [-0.3, -0.25) is 25.3 Å². The molecule has 27 heavy (non-hydrogen) atoms. The van der Waals surface area contributed by atoms with Gasteiger partial charge in [-0.15, -0.1) is 0 Å². The molecule has 3 atom stereocenters. The normalized spacial score (nSPS) is 31.7. The van der Waals surface area contributed by atoms with Gasteiger partial charge in [0.15, 0.2) is 5.54 Å². The molecule has 0 spiro atoms. The average Bonchev–Trinajstić information content (AvgIpc) is 3.25. The number of hydrogen-bond acceptors (Lipinski definition) is 6. The Bertz CT molecular complexity index is 749. The van der Waals surface area contributed by atoms with Gasteiger partial charge in [0.05, 0.1) is 0 Å². The maximum atomic E-state index is 12.7. The van der Waals surface area contributed by atoms with E-state index in [4.69, 9.17) is 0 Å². The molecular formula is C18H24N6O3. The lowest BCUT2D eigenvalue weighted by Crippen LogP contribution is -2.55. The minimum absolute atomic E-state index is 0.0839. The molecule has 3 aliphatic rings. The number of aromatic nitrogens is 1. The van der Waals surface area contributed by atoms with E-state index >= 15 is 0 Å². The van der Waals surface area contributed by atoms with Gasteiger partial charge in [0.2, 0.25) is 5.91 Å². The van der Waals surface area contributed by atoms with Gasteiger partial charge in [0.1, 0.15) is 6.04 Å². The van der Waals surface area contributed by atoms with Crippen LogP contribution in [0.1, 0.15) is 31.7 Å². The highest BCUT2D eigenvalue weighted by molar-refractivity contribution is 6.07. The molecule has 1 aromatic heterocycles. The van der Waals surface area contributed by atoms with Crippen LogP contribution >= 0.6 is 0 Å². The van der Waals surface area contributed by atoms with Gasteiger partial charge in [0, 0.05) is 37.1 Å². The summed E-state index contributed by atoms with van der Waals surface area (Å²) >= 11 is 0. The van der Waals surface area contributed by atoms with Crippen LogP contribution in [0.4, 0.5) is 4.79 Å². The number of pyridine rings is 1. The van der Waals surface area contributed by atoms with Crippen LogP contribution in [0.2, 0.25) is 0 Å². The molecule has 0 aromatic carbocycles. The van der Waals surface area contributed by atoms with E-state index in [2.05, 4.69) is 26.5 Å². The fraction of sp³-hybridized carbons (Fsp3) is 0.556. The third-order valence-corrected chi connectivity index (χ3v) is 5.82. The third kappa shape index (κ3) is 3.06. The third-order valence-electron chi connectivity index (χ3n) is 5.82. The van der Waals surface area contributed by atoms with Crippen LogP contribution in [0.15, 0.2) is 24.5 Å². The Morgan fingerprint density at radius 1 is 1.26 bits per heavy atom. The Labute approximate surface area is 157 Å². The van der Waals surface area contributed by atoms with Gasteiger partial charge in [-0.2, -0.15) is 0 Å².